The van der Waals surface area contributed by atoms with Crippen LogP contribution in [0.2, 0.25) is 0 Å². The highest BCUT2D eigenvalue weighted by atomic mass is 16.3. The van der Waals surface area contributed by atoms with E-state index in [4.69, 9.17) is 0 Å². The summed E-state index contributed by atoms with van der Waals surface area (Å²) in [7, 11) is 2.22. The van der Waals surface area contributed by atoms with Crippen LogP contribution in [0.3, 0.4) is 0 Å². The predicted molar refractivity (Wildman–Crippen MR) is 84.4 cm³/mol. The number of hydrogen-bond donors (Lipinski definition) is 1. The van der Waals surface area contributed by atoms with Crippen LogP contribution in [0.15, 0.2) is 42.5 Å². The molecule has 1 spiro atoms. The zero-order valence-corrected chi connectivity index (χ0v) is 12.5. The van der Waals surface area contributed by atoms with E-state index in [2.05, 4.69) is 42.3 Å². The maximum Gasteiger partial charge on any atom is 0.115 e. The minimum absolute atomic E-state index is 0.0544. The molecule has 0 saturated heterocycles. The molecule has 2 aliphatic rings. The van der Waals surface area contributed by atoms with Gasteiger partial charge in [-0.15, -0.1) is 0 Å². The van der Waals surface area contributed by atoms with Crippen LogP contribution in [0, 0.1) is 0 Å². The van der Waals surface area contributed by atoms with E-state index in [1.54, 1.807) is 0 Å². The Labute approximate surface area is 126 Å². The molecule has 1 heterocycles. The Kier molecular flexibility index (Phi) is 2.83. The highest BCUT2D eigenvalue weighted by Gasteiger charge is 2.46. The van der Waals surface area contributed by atoms with E-state index in [1.807, 2.05) is 12.1 Å². The molecule has 0 aromatic heterocycles. The fraction of sp³-hybridized carbons (Fsp3) is 0.368. The van der Waals surface area contributed by atoms with Crippen molar-refractivity contribution in [1.29, 1.82) is 0 Å². The summed E-state index contributed by atoms with van der Waals surface area (Å²) in [6.07, 6.45) is 4.78. The number of fused-ring (bicyclic) bond motifs is 4. The summed E-state index contributed by atoms with van der Waals surface area (Å²) in [5.74, 6) is 0.380. The third-order valence-corrected chi connectivity index (χ3v) is 5.30. The number of benzene rings is 2. The Morgan fingerprint density at radius 1 is 1.00 bits per heavy atom. The molecule has 0 saturated carbocycles. The summed E-state index contributed by atoms with van der Waals surface area (Å²) in [6, 6.07) is 14.8. The number of rotatable bonds is 0. The van der Waals surface area contributed by atoms with E-state index in [0.29, 0.717) is 5.75 Å². The van der Waals surface area contributed by atoms with Crippen LogP contribution in [-0.2, 0) is 18.5 Å². The summed E-state index contributed by atoms with van der Waals surface area (Å²) in [6.45, 7) is 0.962. The molecule has 108 valence electrons. The Balaban J connectivity index is 2.01. The largest absolute Gasteiger partial charge is 0.508 e. The molecule has 21 heavy (non-hydrogen) atoms. The molecule has 1 unspecified atom stereocenters. The summed E-state index contributed by atoms with van der Waals surface area (Å²) in [4.78, 5) is 2.47. The molecule has 0 fully saturated rings. The smallest absolute Gasteiger partial charge is 0.115 e. The molecule has 2 nitrogen and oxygen atoms in total. The monoisotopic (exact) mass is 279 g/mol. The van der Waals surface area contributed by atoms with E-state index in [1.165, 1.54) is 41.5 Å². The van der Waals surface area contributed by atoms with Gasteiger partial charge in [0, 0.05) is 6.54 Å². The van der Waals surface area contributed by atoms with Gasteiger partial charge >= 0.3 is 0 Å². The molecule has 1 aliphatic heterocycles. The van der Waals surface area contributed by atoms with Crippen molar-refractivity contribution >= 4 is 0 Å². The molecule has 1 atom stereocenters. The van der Waals surface area contributed by atoms with Gasteiger partial charge in [-0.05, 0) is 60.7 Å². The highest BCUT2D eigenvalue weighted by Crippen LogP contribution is 2.50. The van der Waals surface area contributed by atoms with Crippen LogP contribution in [0.4, 0.5) is 0 Å². The molecule has 1 N–H and O–H groups in total. The number of aromatic hydroxyl groups is 1. The van der Waals surface area contributed by atoms with Crippen LogP contribution >= 0.6 is 0 Å². The molecule has 0 amide bonds. The minimum Gasteiger partial charge on any atom is -0.508 e. The first-order valence-corrected chi connectivity index (χ1v) is 7.84. The van der Waals surface area contributed by atoms with Gasteiger partial charge in [-0.25, -0.2) is 0 Å². The third kappa shape index (κ3) is 1.75. The van der Waals surface area contributed by atoms with E-state index < -0.39 is 0 Å². The fourth-order valence-corrected chi connectivity index (χ4v) is 4.33. The zero-order chi connectivity index (χ0) is 14.4. The van der Waals surface area contributed by atoms with Crippen molar-refractivity contribution in [2.45, 2.75) is 37.8 Å². The number of phenolic OH excluding ortho intramolecular Hbond substituents is 1. The number of hydrogen-bond acceptors (Lipinski definition) is 2. The Bertz CT molecular complexity index is 694. The zero-order valence-electron chi connectivity index (χ0n) is 12.5. The van der Waals surface area contributed by atoms with Gasteiger partial charge in [-0.2, -0.15) is 0 Å². The molecular formula is C19H21NO. The topological polar surface area (TPSA) is 23.5 Å². The van der Waals surface area contributed by atoms with Gasteiger partial charge in [0.05, 0.1) is 5.54 Å². The summed E-state index contributed by atoms with van der Waals surface area (Å²) in [5, 5.41) is 10.00. The van der Waals surface area contributed by atoms with Crippen LogP contribution < -0.4 is 0 Å². The van der Waals surface area contributed by atoms with E-state index >= 15 is 0 Å². The van der Waals surface area contributed by atoms with Crippen molar-refractivity contribution in [2.75, 3.05) is 7.05 Å². The average molecular weight is 279 g/mol. The fourth-order valence-electron chi connectivity index (χ4n) is 4.33. The van der Waals surface area contributed by atoms with Gasteiger partial charge in [0.25, 0.3) is 0 Å². The van der Waals surface area contributed by atoms with Crippen LogP contribution in [0.5, 0.6) is 5.75 Å². The lowest BCUT2D eigenvalue weighted by Crippen LogP contribution is -2.39. The van der Waals surface area contributed by atoms with Crippen molar-refractivity contribution in [3.05, 3.63) is 64.7 Å². The second-order valence-electron chi connectivity index (χ2n) is 6.42. The molecule has 2 aromatic carbocycles. The van der Waals surface area contributed by atoms with Gasteiger partial charge in [0.15, 0.2) is 0 Å². The molecule has 0 bridgehead atoms. The maximum atomic E-state index is 10.00. The molecule has 2 aromatic rings. The lowest BCUT2D eigenvalue weighted by atomic mass is 9.78. The number of aryl methyl sites for hydroxylation is 1. The van der Waals surface area contributed by atoms with Crippen molar-refractivity contribution in [3.63, 3.8) is 0 Å². The first-order chi connectivity index (χ1) is 10.2. The molecular weight excluding hydrogens is 258 g/mol. The van der Waals surface area contributed by atoms with E-state index in [9.17, 15) is 5.11 Å². The molecule has 0 radical (unpaired) electrons. The minimum atomic E-state index is -0.0544. The molecule has 1 aliphatic carbocycles. The number of phenols is 1. The van der Waals surface area contributed by atoms with E-state index in [-0.39, 0.29) is 5.54 Å². The van der Waals surface area contributed by atoms with Gasteiger partial charge in [0.2, 0.25) is 0 Å². The van der Waals surface area contributed by atoms with Crippen molar-refractivity contribution in [1.82, 2.24) is 4.90 Å². The second-order valence-corrected chi connectivity index (χ2v) is 6.42. The van der Waals surface area contributed by atoms with Gasteiger partial charge in [-0.1, -0.05) is 36.8 Å². The Morgan fingerprint density at radius 3 is 2.76 bits per heavy atom. The SMILES string of the molecule is CN1Cc2ccc(O)cc2C12CCCCc1ccccc12. The van der Waals surface area contributed by atoms with E-state index in [0.717, 1.165) is 13.0 Å². The second kappa shape index (κ2) is 4.60. The Morgan fingerprint density at radius 2 is 1.86 bits per heavy atom. The lowest BCUT2D eigenvalue weighted by molar-refractivity contribution is 0.167. The van der Waals surface area contributed by atoms with Crippen LogP contribution in [-0.4, -0.2) is 17.1 Å². The standard InChI is InChI=1S/C19H21NO/c1-20-13-15-9-10-16(21)12-18(15)19(20)11-5-4-7-14-6-2-3-8-17(14)19/h2-3,6,8-10,12,21H,4-5,7,11,13H2,1H3. The average Bonchev–Trinajstić information content (AvgIpc) is 2.66. The first-order valence-electron chi connectivity index (χ1n) is 7.84. The Hall–Kier alpha value is -1.80. The summed E-state index contributed by atoms with van der Waals surface area (Å²) in [5.41, 5.74) is 5.51. The normalized spacial score (nSPS) is 24.6. The van der Waals surface area contributed by atoms with Crippen molar-refractivity contribution in [2.24, 2.45) is 0 Å². The molecule has 2 heteroatoms. The van der Waals surface area contributed by atoms with Gasteiger partial charge in [-0.3, -0.25) is 4.90 Å². The number of nitrogens with zero attached hydrogens (tertiary/aromatic N) is 1. The van der Waals surface area contributed by atoms with Crippen molar-refractivity contribution < 1.29 is 5.11 Å². The molecule has 4 rings (SSSR count). The van der Waals surface area contributed by atoms with Gasteiger partial charge in [0.1, 0.15) is 5.75 Å². The lowest BCUT2D eigenvalue weighted by Gasteiger charge is -2.38. The summed E-state index contributed by atoms with van der Waals surface area (Å²) >= 11 is 0. The predicted octanol–water partition coefficient (Wildman–Crippen LogP) is 3.81. The van der Waals surface area contributed by atoms with Crippen LogP contribution in [0.1, 0.15) is 41.5 Å². The first kappa shape index (κ1) is 12.9. The third-order valence-electron chi connectivity index (χ3n) is 5.30. The maximum absolute atomic E-state index is 10.00. The summed E-state index contributed by atoms with van der Waals surface area (Å²) < 4.78 is 0. The van der Waals surface area contributed by atoms with Crippen molar-refractivity contribution in [3.8, 4) is 5.75 Å². The van der Waals surface area contributed by atoms with Gasteiger partial charge < -0.3 is 5.11 Å². The quantitative estimate of drug-likeness (QED) is 0.792. The van der Waals surface area contributed by atoms with Crippen LogP contribution in [0.25, 0.3) is 0 Å². The highest BCUT2D eigenvalue weighted by molar-refractivity contribution is 5.52.